The number of piperazine rings is 1. The molecule has 0 N–H and O–H groups in total. The van der Waals surface area contributed by atoms with Crippen molar-refractivity contribution in [2.75, 3.05) is 26.2 Å². The molecule has 1 fully saturated rings. The smallest absolute Gasteiger partial charge is 0.244 e. The summed E-state index contributed by atoms with van der Waals surface area (Å²) < 4.78 is 29.9. The van der Waals surface area contributed by atoms with Gasteiger partial charge < -0.3 is 4.90 Å². The fourth-order valence-electron chi connectivity index (χ4n) is 4.14. The minimum absolute atomic E-state index is 0.0859. The van der Waals surface area contributed by atoms with Crippen LogP contribution in [0.4, 0.5) is 0 Å². The van der Waals surface area contributed by atoms with Crippen molar-refractivity contribution in [2.45, 2.75) is 39.1 Å². The Labute approximate surface area is 182 Å². The van der Waals surface area contributed by atoms with Crippen molar-refractivity contribution in [3.05, 3.63) is 52.6 Å². The number of aryl methyl sites for hydroxylation is 2. The molecular formula is C22H27N5O3S. The molecule has 31 heavy (non-hydrogen) atoms. The predicted molar refractivity (Wildman–Crippen MR) is 118 cm³/mol. The Morgan fingerprint density at radius 3 is 2.23 bits per heavy atom. The highest BCUT2D eigenvalue weighted by Gasteiger charge is 2.33. The predicted octanol–water partition coefficient (Wildman–Crippen LogP) is 2.20. The Hall–Kier alpha value is -2.78. The van der Waals surface area contributed by atoms with Crippen LogP contribution in [0.3, 0.4) is 0 Å². The third-order valence-electron chi connectivity index (χ3n) is 6.19. The molecule has 2 aromatic carbocycles. The number of carbonyl (C=O) groups excluding carboxylic acids is 1. The van der Waals surface area contributed by atoms with Crippen molar-refractivity contribution in [1.29, 1.82) is 0 Å². The van der Waals surface area contributed by atoms with Crippen LogP contribution in [0.5, 0.6) is 0 Å². The van der Waals surface area contributed by atoms with Crippen molar-refractivity contribution in [3.63, 3.8) is 0 Å². The van der Waals surface area contributed by atoms with Gasteiger partial charge in [0.2, 0.25) is 15.9 Å². The number of benzene rings is 2. The molecule has 8 nitrogen and oxygen atoms in total. The third-order valence-corrected chi connectivity index (χ3v) is 8.36. The standard InChI is InChI=1S/C22H27N5O3S/c1-15-13-16(2)18(4)22(17(15)3)31(29,30)26-11-9-25(10-12-26)21(28)14-27-20-8-6-5-7-19(20)23-24-27/h5-8,13H,9-12,14H2,1-4H3. The molecule has 1 aromatic heterocycles. The van der Waals surface area contributed by atoms with Gasteiger partial charge in [-0.1, -0.05) is 23.4 Å². The quantitative estimate of drug-likeness (QED) is 0.619. The van der Waals surface area contributed by atoms with Gasteiger partial charge in [-0.2, -0.15) is 4.31 Å². The van der Waals surface area contributed by atoms with E-state index in [0.29, 0.717) is 18.0 Å². The maximum absolute atomic E-state index is 13.4. The lowest BCUT2D eigenvalue weighted by atomic mass is 10.0. The number of para-hydroxylation sites is 1. The molecular weight excluding hydrogens is 414 g/mol. The van der Waals surface area contributed by atoms with E-state index in [1.54, 1.807) is 9.58 Å². The van der Waals surface area contributed by atoms with Gasteiger partial charge in [0.25, 0.3) is 0 Å². The highest BCUT2D eigenvalue weighted by molar-refractivity contribution is 7.89. The zero-order chi connectivity index (χ0) is 22.3. The second-order valence-corrected chi connectivity index (χ2v) is 9.98. The van der Waals surface area contributed by atoms with Gasteiger partial charge in [-0.25, -0.2) is 13.1 Å². The van der Waals surface area contributed by atoms with Gasteiger partial charge in [-0.15, -0.1) is 5.10 Å². The van der Waals surface area contributed by atoms with E-state index >= 15 is 0 Å². The topological polar surface area (TPSA) is 88.4 Å². The van der Waals surface area contributed by atoms with Crippen molar-refractivity contribution >= 4 is 27.0 Å². The molecule has 2 heterocycles. The summed E-state index contributed by atoms with van der Waals surface area (Å²) in [5.41, 5.74) is 5.06. The molecule has 3 aromatic rings. The molecule has 0 aliphatic carbocycles. The lowest BCUT2D eigenvalue weighted by molar-refractivity contribution is -0.133. The number of aromatic nitrogens is 3. The first-order valence-electron chi connectivity index (χ1n) is 10.3. The number of fused-ring (bicyclic) bond motifs is 1. The van der Waals surface area contributed by atoms with Gasteiger partial charge >= 0.3 is 0 Å². The van der Waals surface area contributed by atoms with Crippen molar-refractivity contribution < 1.29 is 13.2 Å². The number of nitrogens with zero attached hydrogens (tertiary/aromatic N) is 5. The normalized spacial score (nSPS) is 15.5. The van der Waals surface area contributed by atoms with E-state index in [4.69, 9.17) is 0 Å². The molecule has 0 radical (unpaired) electrons. The number of carbonyl (C=O) groups is 1. The third kappa shape index (κ3) is 3.83. The fourth-order valence-corrected chi connectivity index (χ4v) is 6.13. The summed E-state index contributed by atoms with van der Waals surface area (Å²) in [6, 6.07) is 9.51. The van der Waals surface area contributed by atoms with E-state index in [0.717, 1.165) is 33.3 Å². The molecule has 0 bridgehead atoms. The number of rotatable bonds is 4. The van der Waals surface area contributed by atoms with Gasteiger partial charge in [0.15, 0.2) is 0 Å². The molecule has 9 heteroatoms. The summed E-state index contributed by atoms with van der Waals surface area (Å²) in [5.74, 6) is -0.0912. The Morgan fingerprint density at radius 2 is 1.58 bits per heavy atom. The average molecular weight is 442 g/mol. The lowest BCUT2D eigenvalue weighted by Crippen LogP contribution is -2.51. The van der Waals surface area contributed by atoms with Gasteiger partial charge in [0.1, 0.15) is 12.1 Å². The molecule has 0 atom stereocenters. The summed E-state index contributed by atoms with van der Waals surface area (Å²) in [6.07, 6.45) is 0. The summed E-state index contributed by atoms with van der Waals surface area (Å²) >= 11 is 0. The first kappa shape index (κ1) is 21.5. The molecule has 0 unspecified atom stereocenters. The van der Waals surface area contributed by atoms with Crippen LogP contribution < -0.4 is 0 Å². The van der Waals surface area contributed by atoms with Gasteiger partial charge in [-0.3, -0.25) is 4.79 Å². The van der Waals surface area contributed by atoms with E-state index in [1.807, 2.05) is 58.0 Å². The Morgan fingerprint density at radius 1 is 0.968 bits per heavy atom. The minimum Gasteiger partial charge on any atom is -0.338 e. The van der Waals surface area contributed by atoms with E-state index in [2.05, 4.69) is 10.3 Å². The van der Waals surface area contributed by atoms with Crippen LogP contribution in [0.1, 0.15) is 22.3 Å². The number of amides is 1. The average Bonchev–Trinajstić information content (AvgIpc) is 3.15. The molecule has 0 saturated carbocycles. The summed E-state index contributed by atoms with van der Waals surface area (Å²) in [4.78, 5) is 14.9. The zero-order valence-electron chi connectivity index (χ0n) is 18.3. The maximum atomic E-state index is 13.4. The van der Waals surface area contributed by atoms with Gasteiger partial charge in [0.05, 0.1) is 10.4 Å². The first-order chi connectivity index (χ1) is 14.7. The number of hydrogen-bond donors (Lipinski definition) is 0. The van der Waals surface area contributed by atoms with E-state index < -0.39 is 10.0 Å². The molecule has 0 spiro atoms. The van der Waals surface area contributed by atoms with E-state index in [1.165, 1.54) is 4.31 Å². The first-order valence-corrected chi connectivity index (χ1v) is 11.8. The Balaban J connectivity index is 1.48. The second-order valence-electron chi connectivity index (χ2n) is 8.11. The van der Waals surface area contributed by atoms with E-state index in [9.17, 15) is 13.2 Å². The molecule has 1 aliphatic rings. The van der Waals surface area contributed by atoms with Crippen molar-refractivity contribution in [2.24, 2.45) is 0 Å². The van der Waals surface area contributed by atoms with E-state index in [-0.39, 0.29) is 25.5 Å². The Kier molecular flexibility index (Phi) is 5.57. The summed E-state index contributed by atoms with van der Waals surface area (Å²) in [7, 11) is -3.63. The minimum atomic E-state index is -3.63. The SMILES string of the molecule is Cc1cc(C)c(C)c(S(=O)(=O)N2CCN(C(=O)Cn3nnc4ccccc43)CC2)c1C. The van der Waals surface area contributed by atoms with Gasteiger partial charge in [0, 0.05) is 26.2 Å². The summed E-state index contributed by atoms with van der Waals surface area (Å²) in [6.45, 7) is 8.93. The molecule has 1 aliphatic heterocycles. The molecule has 4 rings (SSSR count). The number of sulfonamides is 1. The molecule has 164 valence electrons. The highest BCUT2D eigenvalue weighted by Crippen LogP contribution is 2.29. The van der Waals surface area contributed by atoms with Crippen LogP contribution in [0.2, 0.25) is 0 Å². The lowest BCUT2D eigenvalue weighted by Gasteiger charge is -2.34. The Bertz CT molecular complexity index is 1230. The van der Waals surface area contributed by atoms with Gasteiger partial charge in [-0.05, 0) is 62.1 Å². The highest BCUT2D eigenvalue weighted by atomic mass is 32.2. The van der Waals surface area contributed by atoms with Crippen LogP contribution >= 0.6 is 0 Å². The van der Waals surface area contributed by atoms with Crippen LogP contribution in [0, 0.1) is 27.7 Å². The monoisotopic (exact) mass is 441 g/mol. The number of hydrogen-bond acceptors (Lipinski definition) is 5. The van der Waals surface area contributed by atoms with Crippen LogP contribution in [-0.2, 0) is 21.4 Å². The van der Waals surface area contributed by atoms with Crippen LogP contribution in [0.25, 0.3) is 11.0 Å². The van der Waals surface area contributed by atoms with Crippen LogP contribution in [0.15, 0.2) is 35.2 Å². The summed E-state index contributed by atoms with van der Waals surface area (Å²) in [5, 5.41) is 8.15. The van der Waals surface area contributed by atoms with Crippen LogP contribution in [-0.4, -0.2) is 64.7 Å². The zero-order valence-corrected chi connectivity index (χ0v) is 19.1. The second kappa shape index (κ2) is 8.05. The maximum Gasteiger partial charge on any atom is 0.244 e. The molecule has 1 saturated heterocycles. The largest absolute Gasteiger partial charge is 0.338 e. The van der Waals surface area contributed by atoms with Crippen molar-refractivity contribution in [1.82, 2.24) is 24.2 Å². The molecule has 1 amide bonds. The van der Waals surface area contributed by atoms with Crippen molar-refractivity contribution in [3.8, 4) is 0 Å². The fraction of sp³-hybridized carbons (Fsp3) is 0.409.